The van der Waals surface area contributed by atoms with Crippen LogP contribution in [-0.2, 0) is 0 Å². The van der Waals surface area contributed by atoms with E-state index < -0.39 is 0 Å². The van der Waals surface area contributed by atoms with E-state index in [0.29, 0.717) is 6.04 Å². The zero-order valence-corrected chi connectivity index (χ0v) is 12.0. The molecule has 1 fully saturated rings. The van der Waals surface area contributed by atoms with Crippen molar-refractivity contribution >= 4 is 11.8 Å². The van der Waals surface area contributed by atoms with Crippen molar-refractivity contribution in [1.29, 1.82) is 0 Å². The van der Waals surface area contributed by atoms with E-state index in [2.05, 4.69) is 20.2 Å². The SMILES string of the molecule is CNC1CCN(c2cc(-c3cccc(O)c3)nc(N)n2)C1. The average Bonchev–Trinajstić information content (AvgIpc) is 2.95. The number of hydrogen-bond acceptors (Lipinski definition) is 6. The number of phenols is 1. The summed E-state index contributed by atoms with van der Waals surface area (Å²) >= 11 is 0. The van der Waals surface area contributed by atoms with E-state index in [4.69, 9.17) is 5.73 Å². The van der Waals surface area contributed by atoms with Gasteiger partial charge in [-0.1, -0.05) is 12.1 Å². The first-order valence-electron chi connectivity index (χ1n) is 7.02. The molecule has 21 heavy (non-hydrogen) atoms. The quantitative estimate of drug-likeness (QED) is 0.786. The Morgan fingerprint density at radius 3 is 2.90 bits per heavy atom. The van der Waals surface area contributed by atoms with Crippen molar-refractivity contribution in [3.05, 3.63) is 30.3 Å². The minimum absolute atomic E-state index is 0.211. The van der Waals surface area contributed by atoms with Crippen LogP contribution in [0, 0.1) is 0 Å². The summed E-state index contributed by atoms with van der Waals surface area (Å²) in [4.78, 5) is 10.8. The third-order valence-corrected chi connectivity index (χ3v) is 3.79. The van der Waals surface area contributed by atoms with Crippen LogP contribution in [0.2, 0.25) is 0 Å². The van der Waals surface area contributed by atoms with Crippen LogP contribution >= 0.6 is 0 Å². The second kappa shape index (κ2) is 5.57. The third kappa shape index (κ3) is 2.90. The molecule has 1 aliphatic heterocycles. The third-order valence-electron chi connectivity index (χ3n) is 3.79. The highest BCUT2D eigenvalue weighted by Gasteiger charge is 2.22. The molecular formula is C15H19N5O. The minimum Gasteiger partial charge on any atom is -0.508 e. The molecule has 2 aromatic rings. The summed E-state index contributed by atoms with van der Waals surface area (Å²) in [7, 11) is 1.97. The molecule has 4 N–H and O–H groups in total. The first-order chi connectivity index (χ1) is 10.2. The maximum atomic E-state index is 9.60. The molecule has 0 aliphatic carbocycles. The lowest BCUT2D eigenvalue weighted by molar-refractivity contribution is 0.475. The molecule has 3 rings (SSSR count). The Balaban J connectivity index is 1.93. The van der Waals surface area contributed by atoms with Gasteiger partial charge in [-0.25, -0.2) is 4.98 Å². The van der Waals surface area contributed by atoms with Crippen LogP contribution in [0.4, 0.5) is 11.8 Å². The molecule has 2 heterocycles. The highest BCUT2D eigenvalue weighted by Crippen LogP contribution is 2.26. The molecule has 0 saturated carbocycles. The summed E-state index contributed by atoms with van der Waals surface area (Å²) in [5, 5.41) is 12.9. The van der Waals surface area contributed by atoms with Crippen molar-refractivity contribution in [3.63, 3.8) is 0 Å². The molecule has 1 saturated heterocycles. The molecule has 1 aromatic heterocycles. The number of phenolic OH excluding ortho intramolecular Hbond substituents is 1. The van der Waals surface area contributed by atoms with Crippen LogP contribution in [0.1, 0.15) is 6.42 Å². The molecule has 1 atom stereocenters. The zero-order chi connectivity index (χ0) is 14.8. The van der Waals surface area contributed by atoms with Crippen LogP contribution in [0.25, 0.3) is 11.3 Å². The first kappa shape index (κ1) is 13.6. The number of nitrogen functional groups attached to an aromatic ring is 1. The lowest BCUT2D eigenvalue weighted by atomic mass is 10.1. The highest BCUT2D eigenvalue weighted by atomic mass is 16.3. The topological polar surface area (TPSA) is 87.3 Å². The number of aromatic hydroxyl groups is 1. The van der Waals surface area contributed by atoms with E-state index in [0.717, 1.165) is 36.6 Å². The predicted molar refractivity (Wildman–Crippen MR) is 83.2 cm³/mol. The van der Waals surface area contributed by atoms with E-state index >= 15 is 0 Å². The summed E-state index contributed by atoms with van der Waals surface area (Å²) in [5.41, 5.74) is 7.39. The van der Waals surface area contributed by atoms with Gasteiger partial charge < -0.3 is 21.1 Å². The highest BCUT2D eigenvalue weighted by molar-refractivity contribution is 5.66. The monoisotopic (exact) mass is 285 g/mol. The zero-order valence-electron chi connectivity index (χ0n) is 12.0. The van der Waals surface area contributed by atoms with Crippen LogP contribution in [-0.4, -0.2) is 41.3 Å². The van der Waals surface area contributed by atoms with Crippen molar-refractivity contribution in [2.24, 2.45) is 0 Å². The maximum Gasteiger partial charge on any atom is 0.222 e. The van der Waals surface area contributed by atoms with Crippen molar-refractivity contribution < 1.29 is 5.11 Å². The maximum absolute atomic E-state index is 9.60. The van der Waals surface area contributed by atoms with Gasteiger partial charge in [0.15, 0.2) is 0 Å². The van der Waals surface area contributed by atoms with Gasteiger partial charge in [-0.2, -0.15) is 4.98 Å². The standard InChI is InChI=1S/C15H19N5O/c1-17-11-5-6-20(9-11)14-8-13(18-15(16)19-14)10-3-2-4-12(21)7-10/h2-4,7-8,11,17,21H,5-6,9H2,1H3,(H2,16,18,19). The predicted octanol–water partition coefficient (Wildman–Crippen LogP) is 1.23. The van der Waals surface area contributed by atoms with E-state index in [9.17, 15) is 5.11 Å². The average molecular weight is 285 g/mol. The molecule has 0 radical (unpaired) electrons. The van der Waals surface area contributed by atoms with Gasteiger partial charge in [-0.3, -0.25) is 0 Å². The molecule has 1 aromatic carbocycles. The molecular weight excluding hydrogens is 266 g/mol. The van der Waals surface area contributed by atoms with Gasteiger partial charge in [-0.15, -0.1) is 0 Å². The molecule has 0 bridgehead atoms. The number of hydrogen-bond donors (Lipinski definition) is 3. The Bertz CT molecular complexity index is 646. The van der Waals surface area contributed by atoms with Crippen molar-refractivity contribution in [3.8, 4) is 17.0 Å². The van der Waals surface area contributed by atoms with Crippen LogP contribution in [0.15, 0.2) is 30.3 Å². The van der Waals surface area contributed by atoms with Crippen molar-refractivity contribution in [2.45, 2.75) is 12.5 Å². The smallest absolute Gasteiger partial charge is 0.222 e. The molecule has 6 heteroatoms. The number of likely N-dealkylation sites (N-methyl/N-ethyl adjacent to an activating group) is 1. The summed E-state index contributed by atoms with van der Waals surface area (Å²) in [6, 6.07) is 9.38. The van der Waals surface area contributed by atoms with E-state index in [1.165, 1.54) is 0 Å². The van der Waals surface area contributed by atoms with Gasteiger partial charge >= 0.3 is 0 Å². The largest absolute Gasteiger partial charge is 0.508 e. The van der Waals surface area contributed by atoms with Gasteiger partial charge in [0.05, 0.1) is 5.69 Å². The summed E-state index contributed by atoms with van der Waals surface area (Å²) in [6.07, 6.45) is 1.09. The van der Waals surface area contributed by atoms with Gasteiger partial charge in [-0.05, 0) is 25.6 Å². The number of nitrogens with one attached hydrogen (secondary N) is 1. The normalized spacial score (nSPS) is 18.1. The fourth-order valence-corrected chi connectivity index (χ4v) is 2.63. The Morgan fingerprint density at radius 2 is 2.19 bits per heavy atom. The molecule has 6 nitrogen and oxygen atoms in total. The first-order valence-corrected chi connectivity index (χ1v) is 7.02. The summed E-state index contributed by atoms with van der Waals surface area (Å²) in [6.45, 7) is 1.86. The van der Waals surface area contributed by atoms with Crippen LogP contribution in [0.3, 0.4) is 0 Å². The Hall–Kier alpha value is -2.34. The Morgan fingerprint density at radius 1 is 1.33 bits per heavy atom. The van der Waals surface area contributed by atoms with Crippen LogP contribution in [0.5, 0.6) is 5.75 Å². The fraction of sp³-hybridized carbons (Fsp3) is 0.333. The fourth-order valence-electron chi connectivity index (χ4n) is 2.63. The second-order valence-corrected chi connectivity index (χ2v) is 5.24. The number of rotatable bonds is 3. The summed E-state index contributed by atoms with van der Waals surface area (Å²) in [5.74, 6) is 1.29. The van der Waals surface area contributed by atoms with Crippen molar-refractivity contribution in [1.82, 2.24) is 15.3 Å². The number of aromatic nitrogens is 2. The number of benzene rings is 1. The molecule has 0 spiro atoms. The van der Waals surface area contributed by atoms with E-state index in [-0.39, 0.29) is 11.7 Å². The minimum atomic E-state index is 0.211. The lowest BCUT2D eigenvalue weighted by Gasteiger charge is -2.18. The van der Waals surface area contributed by atoms with E-state index in [1.54, 1.807) is 18.2 Å². The number of nitrogens with two attached hydrogens (primary N) is 1. The van der Waals surface area contributed by atoms with Gasteiger partial charge in [0.1, 0.15) is 11.6 Å². The van der Waals surface area contributed by atoms with Gasteiger partial charge in [0.2, 0.25) is 5.95 Å². The molecule has 110 valence electrons. The molecule has 0 amide bonds. The van der Waals surface area contributed by atoms with Crippen LogP contribution < -0.4 is 16.0 Å². The summed E-state index contributed by atoms with van der Waals surface area (Å²) < 4.78 is 0. The van der Waals surface area contributed by atoms with Gasteiger partial charge in [0.25, 0.3) is 0 Å². The lowest BCUT2D eigenvalue weighted by Crippen LogP contribution is -2.30. The number of nitrogens with zero attached hydrogens (tertiary/aromatic N) is 3. The second-order valence-electron chi connectivity index (χ2n) is 5.24. The Labute approximate surface area is 123 Å². The molecule has 1 aliphatic rings. The van der Waals surface area contributed by atoms with Gasteiger partial charge in [0, 0.05) is 30.8 Å². The number of anilines is 2. The Kier molecular flexibility index (Phi) is 3.62. The van der Waals surface area contributed by atoms with E-state index in [1.807, 2.05) is 19.2 Å². The molecule has 1 unspecified atom stereocenters. The van der Waals surface area contributed by atoms with Crippen molar-refractivity contribution in [2.75, 3.05) is 30.8 Å².